The van der Waals surface area contributed by atoms with Gasteiger partial charge in [-0.3, -0.25) is 32.5 Å². The Hall–Kier alpha value is -2.70. The number of rotatable bonds is 34. The molecular formula is C39H68N7O17P3S. The molecule has 3 heterocycles. The summed E-state index contributed by atoms with van der Waals surface area (Å²) in [6.07, 6.45) is 13.4. The van der Waals surface area contributed by atoms with Crippen molar-refractivity contribution in [3.8, 4) is 0 Å². The molecule has 0 aromatic carbocycles. The van der Waals surface area contributed by atoms with Gasteiger partial charge in [-0.05, 0) is 32.1 Å². The fraction of sp³-hybridized carbons (Fsp3) is 0.744. The van der Waals surface area contributed by atoms with E-state index in [0.29, 0.717) is 12.2 Å². The highest BCUT2D eigenvalue weighted by Gasteiger charge is 2.50. The molecule has 3 unspecified atom stereocenters. The smallest absolute Gasteiger partial charge is 0.386 e. The van der Waals surface area contributed by atoms with E-state index in [1.807, 2.05) is 0 Å². The molecule has 24 nitrogen and oxygen atoms in total. The number of amides is 2. The Morgan fingerprint density at radius 2 is 1.52 bits per heavy atom. The summed E-state index contributed by atoms with van der Waals surface area (Å²) in [5, 5.41) is 26.7. The maximum absolute atomic E-state index is 12.7. The van der Waals surface area contributed by atoms with E-state index >= 15 is 0 Å². The van der Waals surface area contributed by atoms with Crippen LogP contribution in [0.4, 0.5) is 5.82 Å². The molecule has 67 heavy (non-hydrogen) atoms. The number of allylic oxidation sites excluding steroid dienone is 2. The predicted molar refractivity (Wildman–Crippen MR) is 247 cm³/mol. The van der Waals surface area contributed by atoms with Crippen LogP contribution in [0.25, 0.3) is 11.2 Å². The number of fused-ring (bicyclic) bond motifs is 1. The van der Waals surface area contributed by atoms with E-state index in [0.717, 1.165) is 54.7 Å². The number of carbonyl (C=O) groups is 3. The molecular weight excluding hydrogens is 963 g/mol. The first-order valence-electron chi connectivity index (χ1n) is 22.3. The Kier molecular flexibility index (Phi) is 25.2. The molecule has 382 valence electrons. The zero-order valence-corrected chi connectivity index (χ0v) is 41.6. The average molecular weight is 1030 g/mol. The molecule has 10 N–H and O–H groups in total. The molecule has 2 amide bonds. The van der Waals surface area contributed by atoms with Crippen LogP contribution in [0.2, 0.25) is 0 Å². The first kappa shape index (κ1) is 58.6. The molecule has 2 aromatic heterocycles. The third kappa shape index (κ3) is 21.9. The minimum absolute atomic E-state index is 0.0332. The molecule has 0 spiro atoms. The second-order valence-corrected chi connectivity index (χ2v) is 22.0. The number of imidazole rings is 1. The number of aliphatic hydroxyl groups is 2. The highest BCUT2D eigenvalue weighted by molar-refractivity contribution is 8.13. The van der Waals surface area contributed by atoms with Crippen molar-refractivity contribution in [2.45, 2.75) is 148 Å². The summed E-state index contributed by atoms with van der Waals surface area (Å²) in [5.41, 5.74) is 4.29. The largest absolute Gasteiger partial charge is 0.481 e. The van der Waals surface area contributed by atoms with Crippen molar-refractivity contribution in [2.75, 3.05) is 37.8 Å². The fourth-order valence-corrected chi connectivity index (χ4v) is 10.3. The van der Waals surface area contributed by atoms with Gasteiger partial charge in [-0.1, -0.05) is 96.1 Å². The van der Waals surface area contributed by atoms with E-state index in [1.54, 1.807) is 0 Å². The van der Waals surface area contributed by atoms with Gasteiger partial charge in [0.2, 0.25) is 11.8 Å². The first-order valence-corrected chi connectivity index (χ1v) is 27.8. The third-order valence-electron chi connectivity index (χ3n) is 10.4. The molecule has 1 aliphatic heterocycles. The first-order chi connectivity index (χ1) is 31.6. The lowest BCUT2D eigenvalue weighted by Gasteiger charge is -2.30. The maximum Gasteiger partial charge on any atom is 0.481 e. The lowest BCUT2D eigenvalue weighted by atomic mass is 9.87. The molecule has 1 aliphatic rings. The number of anilines is 1. The van der Waals surface area contributed by atoms with Crippen molar-refractivity contribution in [3.63, 3.8) is 0 Å². The molecule has 0 saturated carbocycles. The molecule has 3 rings (SSSR count). The number of ether oxygens (including phenoxy) is 1. The number of thioether (sulfide) groups is 1. The van der Waals surface area contributed by atoms with Gasteiger partial charge in [0.1, 0.15) is 36.3 Å². The van der Waals surface area contributed by atoms with Gasteiger partial charge in [-0.15, -0.1) is 0 Å². The molecule has 0 aliphatic carbocycles. The van der Waals surface area contributed by atoms with E-state index in [4.69, 9.17) is 19.5 Å². The number of phosphoric acid groups is 3. The van der Waals surface area contributed by atoms with Gasteiger partial charge in [0, 0.05) is 37.1 Å². The van der Waals surface area contributed by atoms with Crippen molar-refractivity contribution in [1.29, 1.82) is 0 Å². The number of nitrogens with two attached hydrogens (primary N) is 1. The highest BCUT2D eigenvalue weighted by Crippen LogP contribution is 2.61. The van der Waals surface area contributed by atoms with Crippen molar-refractivity contribution in [1.82, 2.24) is 30.2 Å². The standard InChI is InChI=1S/C39H68N7O17P3S/c1-4-5-6-7-8-9-10-11-12-13-14-15-16-17-18-19-30(48)67-23-22-41-29(47)20-21-42-37(51)34(50)39(2,3)25-60-66(57,58)63-65(55,56)59-24-28-33(62-64(52,53)54)32(49)38(61-28)46-27-45-31-35(40)43-26-44-36(31)46/h9-10,26-28,32-34,38,49-50H,4-8,11-25H2,1-3H3,(H,41,47)(H,42,51)(H,55,56)(H,57,58)(H2,40,43,44)(H2,52,53,54)/b10-9+/t28-,32?,33+,34+,38-/m1/s1. The van der Waals surface area contributed by atoms with E-state index in [1.165, 1.54) is 71.6 Å². The molecule has 28 heteroatoms. The number of phosphoric ester groups is 3. The summed E-state index contributed by atoms with van der Waals surface area (Å²) >= 11 is 1.15. The maximum atomic E-state index is 12.7. The number of nitrogens with one attached hydrogen (secondary N) is 2. The second-order valence-electron chi connectivity index (χ2n) is 16.6. The lowest BCUT2D eigenvalue weighted by Crippen LogP contribution is -2.46. The normalized spacial score (nSPS) is 20.2. The lowest BCUT2D eigenvalue weighted by molar-refractivity contribution is -0.137. The zero-order valence-electron chi connectivity index (χ0n) is 38.1. The van der Waals surface area contributed by atoms with E-state index in [-0.39, 0.29) is 41.6 Å². The summed E-state index contributed by atoms with van der Waals surface area (Å²) in [6, 6.07) is 0. The Balaban J connectivity index is 1.30. The highest BCUT2D eigenvalue weighted by atomic mass is 32.2. The molecule has 7 atom stereocenters. The van der Waals surface area contributed by atoms with Crippen LogP contribution in [0, 0.1) is 5.41 Å². The van der Waals surface area contributed by atoms with Crippen LogP contribution in [0.5, 0.6) is 0 Å². The quantitative estimate of drug-likeness (QED) is 0.0260. The number of unbranched alkanes of at least 4 members (excludes halogenated alkanes) is 11. The minimum Gasteiger partial charge on any atom is -0.386 e. The summed E-state index contributed by atoms with van der Waals surface area (Å²) in [4.78, 5) is 88.3. The van der Waals surface area contributed by atoms with Gasteiger partial charge < -0.3 is 50.9 Å². The third-order valence-corrected chi connectivity index (χ3v) is 14.4. The summed E-state index contributed by atoms with van der Waals surface area (Å²) < 4.78 is 62.4. The summed E-state index contributed by atoms with van der Waals surface area (Å²) in [7, 11) is -16.4. The van der Waals surface area contributed by atoms with Crippen LogP contribution in [-0.4, -0.2) is 123 Å². The van der Waals surface area contributed by atoms with Gasteiger partial charge in [0.15, 0.2) is 22.8 Å². The van der Waals surface area contributed by atoms with Crippen molar-refractivity contribution in [3.05, 3.63) is 24.8 Å². The van der Waals surface area contributed by atoms with Crippen LogP contribution < -0.4 is 16.4 Å². The molecule has 2 aromatic rings. The topological polar surface area (TPSA) is 364 Å². The van der Waals surface area contributed by atoms with Crippen molar-refractivity contribution in [2.24, 2.45) is 5.41 Å². The molecule has 1 saturated heterocycles. The Labute approximate surface area is 394 Å². The van der Waals surface area contributed by atoms with Crippen LogP contribution in [-0.2, 0) is 50.7 Å². The van der Waals surface area contributed by atoms with Crippen molar-refractivity contribution >= 4 is 69.1 Å². The fourth-order valence-electron chi connectivity index (χ4n) is 6.71. The number of nitrogens with zero attached hydrogens (tertiary/aromatic N) is 4. The second kappa shape index (κ2) is 28.8. The molecule has 1 fully saturated rings. The monoisotopic (exact) mass is 1030 g/mol. The number of nitrogen functional groups attached to an aromatic ring is 1. The Morgan fingerprint density at radius 1 is 0.896 bits per heavy atom. The number of aromatic nitrogens is 4. The van der Waals surface area contributed by atoms with Crippen molar-refractivity contribution < 1.29 is 80.5 Å². The van der Waals surface area contributed by atoms with Gasteiger partial charge in [0.25, 0.3) is 0 Å². The van der Waals surface area contributed by atoms with Crippen LogP contribution in [0.3, 0.4) is 0 Å². The average Bonchev–Trinajstić information content (AvgIpc) is 3.81. The SMILES string of the molecule is CCCCCC/C=C/CCCCCCCCCC(=O)SCCNC(=O)CCNC(=O)[C@H](O)C(C)(C)COP(=O)(O)OP(=O)(O)OC[C@H]1O[C@@H](n2cnc3c(N)ncnc32)C(O)[C@H]1OP(=O)(O)O. The number of aliphatic hydroxyl groups excluding tert-OH is 2. The summed E-state index contributed by atoms with van der Waals surface area (Å²) in [6.45, 7) is 2.79. The number of carbonyl (C=O) groups excluding carboxylic acids is 3. The van der Waals surface area contributed by atoms with Crippen LogP contribution >= 0.6 is 35.2 Å². The number of hydrogen-bond acceptors (Lipinski definition) is 18. The molecule has 0 radical (unpaired) electrons. The molecule has 0 bridgehead atoms. The minimum atomic E-state index is -5.57. The van der Waals surface area contributed by atoms with Gasteiger partial charge in [-0.2, -0.15) is 4.31 Å². The van der Waals surface area contributed by atoms with Gasteiger partial charge in [0.05, 0.1) is 19.5 Å². The van der Waals surface area contributed by atoms with Gasteiger partial charge in [-0.25, -0.2) is 28.6 Å². The predicted octanol–water partition coefficient (Wildman–Crippen LogP) is 4.70. The van der Waals surface area contributed by atoms with Crippen LogP contribution in [0.15, 0.2) is 24.8 Å². The van der Waals surface area contributed by atoms with Gasteiger partial charge >= 0.3 is 23.5 Å². The van der Waals surface area contributed by atoms with E-state index < -0.39 is 84.6 Å². The van der Waals surface area contributed by atoms with E-state index in [2.05, 4.69) is 53.5 Å². The zero-order chi connectivity index (χ0) is 49.7. The Bertz CT molecular complexity index is 2040. The Morgan fingerprint density at radius 3 is 2.18 bits per heavy atom. The summed E-state index contributed by atoms with van der Waals surface area (Å²) in [5.74, 6) is -1.03. The van der Waals surface area contributed by atoms with E-state index in [9.17, 15) is 57.9 Å². The van der Waals surface area contributed by atoms with Crippen LogP contribution in [0.1, 0.15) is 123 Å². The number of hydrogen-bond donors (Lipinski definition) is 9.